The number of hydrogen-bond donors (Lipinski definition) is 1. The minimum absolute atomic E-state index is 0.0903. The Balaban J connectivity index is 1.36. The maximum absolute atomic E-state index is 12.7. The van der Waals surface area contributed by atoms with Crippen molar-refractivity contribution in [3.05, 3.63) is 48.2 Å². The molecule has 10 nitrogen and oxygen atoms in total. The van der Waals surface area contributed by atoms with Gasteiger partial charge in [-0.1, -0.05) is 5.16 Å². The highest BCUT2D eigenvalue weighted by Gasteiger charge is 2.23. The molecule has 3 aromatic heterocycles. The van der Waals surface area contributed by atoms with Gasteiger partial charge in [0.1, 0.15) is 5.76 Å². The van der Waals surface area contributed by atoms with Gasteiger partial charge in [-0.25, -0.2) is 19.9 Å². The van der Waals surface area contributed by atoms with Crippen LogP contribution in [0.2, 0.25) is 0 Å². The summed E-state index contributed by atoms with van der Waals surface area (Å²) >= 11 is 0. The summed E-state index contributed by atoms with van der Waals surface area (Å²) in [5, 5.41) is 6.74. The van der Waals surface area contributed by atoms with Gasteiger partial charge in [-0.2, -0.15) is 0 Å². The molecule has 0 atom stereocenters. The average Bonchev–Trinajstić information content (AvgIpc) is 3.13. The Morgan fingerprint density at radius 1 is 1.07 bits per heavy atom. The fourth-order valence-electron chi connectivity index (χ4n) is 2.79. The number of rotatable bonds is 4. The van der Waals surface area contributed by atoms with Gasteiger partial charge in [0.2, 0.25) is 11.9 Å². The third-order valence-electron chi connectivity index (χ3n) is 4.17. The topological polar surface area (TPSA) is 113 Å². The summed E-state index contributed by atoms with van der Waals surface area (Å²) in [6.45, 7) is 4.35. The molecule has 4 heterocycles. The van der Waals surface area contributed by atoms with Gasteiger partial charge in [0.05, 0.1) is 5.56 Å². The third-order valence-corrected chi connectivity index (χ3v) is 4.17. The lowest BCUT2D eigenvalue weighted by Gasteiger charge is -2.34. The summed E-state index contributed by atoms with van der Waals surface area (Å²) in [6, 6.07) is 3.52. The highest BCUT2D eigenvalue weighted by atomic mass is 16.5. The number of nitrogens with one attached hydrogen (secondary N) is 1. The first-order valence-electron chi connectivity index (χ1n) is 8.53. The predicted molar refractivity (Wildman–Crippen MR) is 96.7 cm³/mol. The van der Waals surface area contributed by atoms with Crippen LogP contribution in [0.25, 0.3) is 0 Å². The monoisotopic (exact) mass is 366 g/mol. The van der Waals surface area contributed by atoms with E-state index < -0.39 is 0 Å². The first kappa shape index (κ1) is 16.9. The van der Waals surface area contributed by atoms with E-state index in [9.17, 15) is 4.79 Å². The van der Waals surface area contributed by atoms with Crippen LogP contribution in [0.5, 0.6) is 0 Å². The van der Waals surface area contributed by atoms with Crippen molar-refractivity contribution in [1.82, 2.24) is 30.0 Å². The number of amides is 1. The van der Waals surface area contributed by atoms with Crippen LogP contribution in [0.4, 0.5) is 17.7 Å². The molecule has 1 fully saturated rings. The van der Waals surface area contributed by atoms with Crippen LogP contribution >= 0.6 is 0 Å². The van der Waals surface area contributed by atoms with Crippen LogP contribution in [0, 0.1) is 6.92 Å². The first-order valence-corrected chi connectivity index (χ1v) is 8.53. The molecule has 1 aliphatic heterocycles. The molecule has 1 aliphatic rings. The van der Waals surface area contributed by atoms with Crippen LogP contribution in [-0.2, 0) is 0 Å². The van der Waals surface area contributed by atoms with Gasteiger partial charge in [0, 0.05) is 57.0 Å². The second-order valence-electron chi connectivity index (χ2n) is 6.07. The molecule has 0 aromatic carbocycles. The summed E-state index contributed by atoms with van der Waals surface area (Å²) in [4.78, 5) is 33.4. The van der Waals surface area contributed by atoms with E-state index in [1.807, 2.05) is 0 Å². The van der Waals surface area contributed by atoms with E-state index in [4.69, 9.17) is 4.52 Å². The minimum atomic E-state index is -0.0903. The lowest BCUT2D eigenvalue weighted by molar-refractivity contribution is 0.0745. The van der Waals surface area contributed by atoms with Gasteiger partial charge in [-0.3, -0.25) is 4.79 Å². The first-order chi connectivity index (χ1) is 13.2. The van der Waals surface area contributed by atoms with Crippen molar-refractivity contribution < 1.29 is 9.32 Å². The van der Waals surface area contributed by atoms with Gasteiger partial charge < -0.3 is 19.6 Å². The zero-order valence-corrected chi connectivity index (χ0v) is 14.7. The molecule has 1 N–H and O–H groups in total. The molecule has 0 bridgehead atoms. The van der Waals surface area contributed by atoms with Crippen molar-refractivity contribution in [3.8, 4) is 0 Å². The van der Waals surface area contributed by atoms with Gasteiger partial charge in [0.25, 0.3) is 5.91 Å². The number of nitrogens with zero attached hydrogens (tertiary/aromatic N) is 7. The number of aromatic nitrogens is 5. The lowest BCUT2D eigenvalue weighted by atomic mass is 10.2. The zero-order valence-electron chi connectivity index (χ0n) is 14.7. The van der Waals surface area contributed by atoms with Gasteiger partial charge in [-0.05, 0) is 13.0 Å². The molecule has 0 unspecified atom stereocenters. The van der Waals surface area contributed by atoms with Crippen molar-refractivity contribution in [2.45, 2.75) is 6.92 Å². The Kier molecular flexibility index (Phi) is 4.60. The normalized spacial score (nSPS) is 14.3. The zero-order chi connectivity index (χ0) is 18.6. The van der Waals surface area contributed by atoms with E-state index in [0.29, 0.717) is 55.2 Å². The molecule has 138 valence electrons. The highest BCUT2D eigenvalue weighted by molar-refractivity contribution is 5.93. The number of piperazine rings is 1. The maximum atomic E-state index is 12.7. The van der Waals surface area contributed by atoms with Crippen LogP contribution in [0.15, 0.2) is 41.4 Å². The van der Waals surface area contributed by atoms with Crippen LogP contribution in [0.3, 0.4) is 0 Å². The summed E-state index contributed by atoms with van der Waals surface area (Å²) in [5.74, 6) is 2.15. The van der Waals surface area contributed by atoms with Crippen molar-refractivity contribution >= 4 is 23.6 Å². The van der Waals surface area contributed by atoms with Crippen molar-refractivity contribution in [2.75, 3.05) is 36.4 Å². The molecule has 4 rings (SSSR count). The second kappa shape index (κ2) is 7.36. The van der Waals surface area contributed by atoms with E-state index in [2.05, 4.69) is 35.3 Å². The van der Waals surface area contributed by atoms with Crippen LogP contribution in [-0.4, -0.2) is 62.1 Å². The summed E-state index contributed by atoms with van der Waals surface area (Å²) in [7, 11) is 0. The van der Waals surface area contributed by atoms with E-state index in [-0.39, 0.29) is 5.91 Å². The molecular formula is C17H18N8O2. The highest BCUT2D eigenvalue weighted by Crippen LogP contribution is 2.14. The number of carbonyl (C=O) groups excluding carboxylic acids is 1. The molecular weight excluding hydrogens is 348 g/mol. The Morgan fingerprint density at radius 2 is 1.78 bits per heavy atom. The molecule has 27 heavy (non-hydrogen) atoms. The number of aryl methyl sites for hydroxylation is 1. The van der Waals surface area contributed by atoms with Crippen LogP contribution < -0.4 is 10.2 Å². The predicted octanol–water partition coefficient (Wildman–Crippen LogP) is 1.27. The quantitative estimate of drug-likeness (QED) is 0.729. The molecule has 0 saturated carbocycles. The SMILES string of the molecule is Cc1cc(Nc2ncc(C(=O)N3CCN(c4ncccn4)CC3)cn2)no1. The summed E-state index contributed by atoms with van der Waals surface area (Å²) in [5.41, 5.74) is 0.446. The molecule has 1 amide bonds. The minimum Gasteiger partial charge on any atom is -0.360 e. The van der Waals surface area contributed by atoms with Gasteiger partial charge in [0.15, 0.2) is 5.82 Å². The summed E-state index contributed by atoms with van der Waals surface area (Å²) in [6.07, 6.45) is 6.45. The van der Waals surface area contributed by atoms with E-state index >= 15 is 0 Å². The number of carbonyl (C=O) groups is 1. The molecule has 0 aliphatic carbocycles. The van der Waals surface area contributed by atoms with Gasteiger partial charge in [-0.15, -0.1) is 0 Å². The van der Waals surface area contributed by atoms with Crippen molar-refractivity contribution in [3.63, 3.8) is 0 Å². The Hall–Kier alpha value is -3.56. The fourth-order valence-corrected chi connectivity index (χ4v) is 2.79. The summed E-state index contributed by atoms with van der Waals surface area (Å²) < 4.78 is 4.98. The van der Waals surface area contributed by atoms with Crippen LogP contribution in [0.1, 0.15) is 16.1 Å². The van der Waals surface area contributed by atoms with Gasteiger partial charge >= 0.3 is 0 Å². The standard InChI is InChI=1S/C17H18N8O2/c1-12-9-14(23-27-12)22-16-20-10-13(11-21-16)15(26)24-5-7-25(8-6-24)17-18-3-2-4-19-17/h2-4,9-11H,5-8H2,1H3,(H,20,21,22,23). The smallest absolute Gasteiger partial charge is 0.257 e. The Bertz CT molecular complexity index is 904. The number of hydrogen-bond acceptors (Lipinski definition) is 9. The van der Waals surface area contributed by atoms with E-state index in [1.54, 1.807) is 36.4 Å². The molecule has 10 heteroatoms. The maximum Gasteiger partial charge on any atom is 0.257 e. The third kappa shape index (κ3) is 3.84. The average molecular weight is 366 g/mol. The Labute approximate surface area is 155 Å². The van der Waals surface area contributed by atoms with E-state index in [1.165, 1.54) is 12.4 Å². The molecule has 3 aromatic rings. The van der Waals surface area contributed by atoms with Crippen molar-refractivity contribution in [2.24, 2.45) is 0 Å². The van der Waals surface area contributed by atoms with Crippen molar-refractivity contribution in [1.29, 1.82) is 0 Å². The molecule has 0 spiro atoms. The lowest BCUT2D eigenvalue weighted by Crippen LogP contribution is -2.49. The largest absolute Gasteiger partial charge is 0.360 e. The number of anilines is 3. The molecule has 0 radical (unpaired) electrons. The molecule has 1 saturated heterocycles. The fraction of sp³-hybridized carbons (Fsp3) is 0.294. The van der Waals surface area contributed by atoms with E-state index in [0.717, 1.165) is 0 Å². The second-order valence-corrected chi connectivity index (χ2v) is 6.07. The Morgan fingerprint density at radius 3 is 2.41 bits per heavy atom.